The van der Waals surface area contributed by atoms with Gasteiger partial charge in [0, 0.05) is 22.7 Å². The van der Waals surface area contributed by atoms with E-state index >= 15 is 0 Å². The van der Waals surface area contributed by atoms with E-state index in [1.54, 1.807) is 6.20 Å². The molecule has 0 aliphatic carbocycles. The standard InChI is InChI=1S/C12H11NO3/c1-16-12(15)5-8-2-3-11-10(4-8)9(7-14)6-13-11/h2-4,6-7,13H,5H2,1H3. The summed E-state index contributed by atoms with van der Waals surface area (Å²) in [5.41, 5.74) is 2.32. The maximum atomic E-state index is 11.1. The van der Waals surface area contributed by atoms with Crippen LogP contribution in [0, 0.1) is 0 Å². The fourth-order valence-electron chi connectivity index (χ4n) is 1.64. The molecule has 0 atom stereocenters. The third-order valence-electron chi connectivity index (χ3n) is 2.48. The van der Waals surface area contributed by atoms with Crippen LogP contribution in [0.1, 0.15) is 15.9 Å². The zero-order chi connectivity index (χ0) is 11.5. The topological polar surface area (TPSA) is 59.2 Å². The van der Waals surface area contributed by atoms with Crippen molar-refractivity contribution >= 4 is 23.2 Å². The van der Waals surface area contributed by atoms with Crippen molar-refractivity contribution in [1.82, 2.24) is 4.98 Å². The van der Waals surface area contributed by atoms with Gasteiger partial charge in [0.25, 0.3) is 0 Å². The molecule has 4 heteroatoms. The number of hydrogen-bond donors (Lipinski definition) is 1. The van der Waals surface area contributed by atoms with E-state index in [2.05, 4.69) is 9.72 Å². The molecule has 0 amide bonds. The average molecular weight is 217 g/mol. The van der Waals surface area contributed by atoms with E-state index in [0.717, 1.165) is 22.8 Å². The summed E-state index contributed by atoms with van der Waals surface area (Å²) in [5.74, 6) is -0.289. The molecular weight excluding hydrogens is 206 g/mol. The van der Waals surface area contributed by atoms with Crippen LogP contribution in [-0.4, -0.2) is 24.3 Å². The average Bonchev–Trinajstić information content (AvgIpc) is 2.71. The van der Waals surface area contributed by atoms with Crippen LogP contribution in [0.5, 0.6) is 0 Å². The minimum atomic E-state index is -0.289. The number of rotatable bonds is 3. The van der Waals surface area contributed by atoms with E-state index in [0.29, 0.717) is 5.56 Å². The van der Waals surface area contributed by atoms with Crippen molar-refractivity contribution in [3.05, 3.63) is 35.5 Å². The smallest absolute Gasteiger partial charge is 0.309 e. The monoisotopic (exact) mass is 217 g/mol. The second-order valence-corrected chi connectivity index (χ2v) is 3.49. The molecule has 0 fully saturated rings. The number of aldehydes is 1. The molecule has 0 saturated carbocycles. The van der Waals surface area contributed by atoms with Gasteiger partial charge in [0.1, 0.15) is 0 Å². The number of methoxy groups -OCH3 is 1. The first-order valence-corrected chi connectivity index (χ1v) is 4.86. The molecule has 2 rings (SSSR count). The lowest BCUT2D eigenvalue weighted by atomic mass is 10.1. The summed E-state index contributed by atoms with van der Waals surface area (Å²) in [6, 6.07) is 5.51. The summed E-state index contributed by atoms with van der Waals surface area (Å²) in [5, 5.41) is 0.830. The van der Waals surface area contributed by atoms with Crippen LogP contribution in [-0.2, 0) is 16.0 Å². The Kier molecular flexibility index (Phi) is 2.72. The predicted molar refractivity (Wildman–Crippen MR) is 59.4 cm³/mol. The summed E-state index contributed by atoms with van der Waals surface area (Å²) in [6.07, 6.45) is 2.66. The van der Waals surface area contributed by atoms with Gasteiger partial charge in [-0.25, -0.2) is 0 Å². The molecule has 0 radical (unpaired) electrons. The summed E-state index contributed by atoms with van der Waals surface area (Å²) in [7, 11) is 1.36. The maximum Gasteiger partial charge on any atom is 0.309 e. The number of hydrogen-bond acceptors (Lipinski definition) is 3. The van der Waals surface area contributed by atoms with Gasteiger partial charge in [0.2, 0.25) is 0 Å². The summed E-state index contributed by atoms with van der Waals surface area (Å²) < 4.78 is 4.59. The zero-order valence-corrected chi connectivity index (χ0v) is 8.82. The number of aromatic amines is 1. The number of benzene rings is 1. The number of fused-ring (bicyclic) bond motifs is 1. The third-order valence-corrected chi connectivity index (χ3v) is 2.48. The fourth-order valence-corrected chi connectivity index (χ4v) is 1.64. The molecule has 0 aliphatic rings. The van der Waals surface area contributed by atoms with E-state index < -0.39 is 0 Å². The molecule has 0 spiro atoms. The van der Waals surface area contributed by atoms with Crippen molar-refractivity contribution in [2.24, 2.45) is 0 Å². The van der Waals surface area contributed by atoms with Crippen LogP contribution < -0.4 is 0 Å². The summed E-state index contributed by atoms with van der Waals surface area (Å²) in [6.45, 7) is 0. The van der Waals surface area contributed by atoms with Crippen LogP contribution in [0.2, 0.25) is 0 Å². The first-order chi connectivity index (χ1) is 7.74. The molecule has 0 saturated heterocycles. The molecule has 0 aliphatic heterocycles. The molecule has 0 bridgehead atoms. The molecule has 82 valence electrons. The first-order valence-electron chi connectivity index (χ1n) is 4.86. The van der Waals surface area contributed by atoms with Crippen molar-refractivity contribution in [3.8, 4) is 0 Å². The van der Waals surface area contributed by atoms with Gasteiger partial charge in [-0.2, -0.15) is 0 Å². The molecule has 4 nitrogen and oxygen atoms in total. The Morgan fingerprint density at radius 2 is 2.31 bits per heavy atom. The number of esters is 1. The Balaban J connectivity index is 2.41. The molecule has 1 aromatic carbocycles. The summed E-state index contributed by atoms with van der Waals surface area (Å²) >= 11 is 0. The molecule has 1 heterocycles. The van der Waals surface area contributed by atoms with Gasteiger partial charge in [0.05, 0.1) is 13.5 Å². The molecule has 1 N–H and O–H groups in total. The van der Waals surface area contributed by atoms with Crippen LogP contribution in [0.25, 0.3) is 10.9 Å². The van der Waals surface area contributed by atoms with Gasteiger partial charge in [-0.3, -0.25) is 9.59 Å². The van der Waals surface area contributed by atoms with E-state index in [1.807, 2.05) is 18.2 Å². The van der Waals surface area contributed by atoms with Gasteiger partial charge < -0.3 is 9.72 Å². The van der Waals surface area contributed by atoms with Gasteiger partial charge in [-0.15, -0.1) is 0 Å². The highest BCUT2D eigenvalue weighted by molar-refractivity contribution is 5.97. The first kappa shape index (κ1) is 10.4. The van der Waals surface area contributed by atoms with Gasteiger partial charge >= 0.3 is 5.97 Å². The Morgan fingerprint density at radius 1 is 1.50 bits per heavy atom. The highest BCUT2D eigenvalue weighted by Gasteiger charge is 2.06. The Morgan fingerprint density at radius 3 is 3.00 bits per heavy atom. The van der Waals surface area contributed by atoms with Gasteiger partial charge in [-0.05, 0) is 17.7 Å². The Hall–Kier alpha value is -2.10. The molecule has 16 heavy (non-hydrogen) atoms. The van der Waals surface area contributed by atoms with E-state index in [4.69, 9.17) is 0 Å². The van der Waals surface area contributed by atoms with Gasteiger partial charge in [-0.1, -0.05) is 6.07 Å². The molecule has 1 aromatic heterocycles. The number of aromatic nitrogens is 1. The SMILES string of the molecule is COC(=O)Cc1ccc2[nH]cc(C=O)c2c1. The van der Waals surface area contributed by atoms with Gasteiger partial charge in [0.15, 0.2) is 6.29 Å². The number of nitrogens with one attached hydrogen (secondary N) is 1. The zero-order valence-electron chi connectivity index (χ0n) is 8.82. The van der Waals surface area contributed by atoms with Crippen molar-refractivity contribution in [1.29, 1.82) is 0 Å². The largest absolute Gasteiger partial charge is 0.469 e. The quantitative estimate of drug-likeness (QED) is 0.628. The van der Waals surface area contributed by atoms with Crippen LogP contribution >= 0.6 is 0 Å². The van der Waals surface area contributed by atoms with Crippen molar-refractivity contribution in [2.45, 2.75) is 6.42 Å². The van der Waals surface area contributed by atoms with Crippen LogP contribution in [0.4, 0.5) is 0 Å². The highest BCUT2D eigenvalue weighted by Crippen LogP contribution is 2.18. The predicted octanol–water partition coefficient (Wildman–Crippen LogP) is 1.70. The van der Waals surface area contributed by atoms with Crippen molar-refractivity contribution in [3.63, 3.8) is 0 Å². The van der Waals surface area contributed by atoms with E-state index in [9.17, 15) is 9.59 Å². The number of ether oxygens (including phenoxy) is 1. The minimum absolute atomic E-state index is 0.218. The second-order valence-electron chi connectivity index (χ2n) is 3.49. The maximum absolute atomic E-state index is 11.1. The minimum Gasteiger partial charge on any atom is -0.469 e. The number of carbonyl (C=O) groups excluding carboxylic acids is 2. The number of H-pyrrole nitrogens is 1. The van der Waals surface area contributed by atoms with Crippen LogP contribution in [0.15, 0.2) is 24.4 Å². The molecule has 2 aromatic rings. The van der Waals surface area contributed by atoms with E-state index in [-0.39, 0.29) is 12.4 Å². The lowest BCUT2D eigenvalue weighted by Crippen LogP contribution is -2.04. The summed E-state index contributed by atoms with van der Waals surface area (Å²) in [4.78, 5) is 24.9. The Labute approximate surface area is 92.2 Å². The molecule has 0 unspecified atom stereocenters. The Bertz CT molecular complexity index is 542. The lowest BCUT2D eigenvalue weighted by molar-refractivity contribution is -0.139. The highest BCUT2D eigenvalue weighted by atomic mass is 16.5. The van der Waals surface area contributed by atoms with Crippen molar-refractivity contribution < 1.29 is 14.3 Å². The normalized spacial score (nSPS) is 10.3. The van der Waals surface area contributed by atoms with Crippen molar-refractivity contribution in [2.75, 3.05) is 7.11 Å². The second kappa shape index (κ2) is 4.18. The van der Waals surface area contributed by atoms with E-state index in [1.165, 1.54) is 7.11 Å². The third kappa shape index (κ3) is 1.82. The number of carbonyl (C=O) groups is 2. The fraction of sp³-hybridized carbons (Fsp3) is 0.167. The van der Waals surface area contributed by atoms with Crippen LogP contribution in [0.3, 0.4) is 0 Å². The molecular formula is C12H11NO3. The lowest BCUT2D eigenvalue weighted by Gasteiger charge is -2.00.